The monoisotopic (exact) mass is 225 g/mol. The SMILES string of the molecule is COC1(C(N)CC2CCCCC2)CCCC1. The number of hydrogen-bond donors (Lipinski definition) is 1. The molecular weight excluding hydrogens is 198 g/mol. The first-order valence-corrected chi connectivity index (χ1v) is 7.07. The van der Waals surface area contributed by atoms with Gasteiger partial charge < -0.3 is 10.5 Å². The molecule has 16 heavy (non-hydrogen) atoms. The van der Waals surface area contributed by atoms with E-state index in [9.17, 15) is 0 Å². The highest BCUT2D eigenvalue weighted by atomic mass is 16.5. The van der Waals surface area contributed by atoms with Crippen LogP contribution < -0.4 is 5.73 Å². The molecule has 0 aliphatic heterocycles. The highest BCUT2D eigenvalue weighted by molar-refractivity contribution is 4.96. The van der Waals surface area contributed by atoms with Crippen molar-refractivity contribution in [3.63, 3.8) is 0 Å². The van der Waals surface area contributed by atoms with E-state index in [0.29, 0.717) is 0 Å². The molecule has 2 aliphatic rings. The number of nitrogens with two attached hydrogens (primary N) is 1. The van der Waals surface area contributed by atoms with Crippen LogP contribution in [0.4, 0.5) is 0 Å². The van der Waals surface area contributed by atoms with Crippen LogP contribution in [0.2, 0.25) is 0 Å². The summed E-state index contributed by atoms with van der Waals surface area (Å²) in [5, 5.41) is 0. The number of rotatable bonds is 4. The minimum Gasteiger partial charge on any atom is -0.377 e. The fraction of sp³-hybridized carbons (Fsp3) is 1.00. The normalized spacial score (nSPS) is 28.1. The molecule has 0 spiro atoms. The predicted octanol–water partition coefficient (Wildman–Crippen LogP) is 3.24. The van der Waals surface area contributed by atoms with Gasteiger partial charge >= 0.3 is 0 Å². The van der Waals surface area contributed by atoms with E-state index in [1.807, 2.05) is 7.11 Å². The van der Waals surface area contributed by atoms with Gasteiger partial charge in [0.25, 0.3) is 0 Å². The van der Waals surface area contributed by atoms with Crippen molar-refractivity contribution in [3.8, 4) is 0 Å². The second-order valence-corrected chi connectivity index (χ2v) is 5.82. The van der Waals surface area contributed by atoms with Crippen molar-refractivity contribution >= 4 is 0 Å². The van der Waals surface area contributed by atoms with Crippen LogP contribution in [0.25, 0.3) is 0 Å². The van der Waals surface area contributed by atoms with Crippen molar-refractivity contribution in [1.29, 1.82) is 0 Å². The van der Waals surface area contributed by atoms with Gasteiger partial charge in [-0.15, -0.1) is 0 Å². The fourth-order valence-electron chi connectivity index (χ4n) is 3.70. The lowest BCUT2D eigenvalue weighted by Crippen LogP contribution is -2.48. The standard InChI is InChI=1S/C14H27NO/c1-16-14(9-5-6-10-14)13(15)11-12-7-3-2-4-8-12/h12-13H,2-11,15H2,1H3. The Morgan fingerprint density at radius 1 is 1.12 bits per heavy atom. The van der Waals surface area contributed by atoms with Gasteiger partial charge in [0, 0.05) is 13.2 Å². The molecule has 94 valence electrons. The van der Waals surface area contributed by atoms with Gasteiger partial charge in [-0.25, -0.2) is 0 Å². The van der Waals surface area contributed by atoms with Crippen molar-refractivity contribution in [2.75, 3.05) is 7.11 Å². The molecule has 2 nitrogen and oxygen atoms in total. The number of ether oxygens (including phenoxy) is 1. The molecule has 0 saturated heterocycles. The lowest BCUT2D eigenvalue weighted by atomic mass is 9.80. The van der Waals surface area contributed by atoms with Gasteiger partial charge in [-0.05, 0) is 25.2 Å². The molecule has 2 aliphatic carbocycles. The van der Waals surface area contributed by atoms with Gasteiger partial charge in [-0.1, -0.05) is 44.9 Å². The Labute approximate surface area is 99.9 Å². The van der Waals surface area contributed by atoms with Crippen LogP contribution in [0.1, 0.15) is 64.2 Å². The van der Waals surface area contributed by atoms with Gasteiger partial charge in [0.2, 0.25) is 0 Å². The summed E-state index contributed by atoms with van der Waals surface area (Å²) in [5.41, 5.74) is 6.46. The third-order valence-corrected chi connectivity index (χ3v) is 4.84. The van der Waals surface area contributed by atoms with E-state index in [1.54, 1.807) is 0 Å². The molecule has 0 aromatic heterocycles. The maximum absolute atomic E-state index is 6.43. The summed E-state index contributed by atoms with van der Waals surface area (Å²) >= 11 is 0. The van der Waals surface area contributed by atoms with E-state index < -0.39 is 0 Å². The predicted molar refractivity (Wildman–Crippen MR) is 67.4 cm³/mol. The van der Waals surface area contributed by atoms with Crippen molar-refractivity contribution in [2.24, 2.45) is 11.7 Å². The Balaban J connectivity index is 1.87. The molecule has 2 rings (SSSR count). The summed E-state index contributed by atoms with van der Waals surface area (Å²) in [7, 11) is 1.85. The summed E-state index contributed by atoms with van der Waals surface area (Å²) in [5.74, 6) is 0.872. The highest BCUT2D eigenvalue weighted by Crippen LogP contribution is 2.38. The summed E-state index contributed by atoms with van der Waals surface area (Å²) in [4.78, 5) is 0. The highest BCUT2D eigenvalue weighted by Gasteiger charge is 2.40. The second-order valence-electron chi connectivity index (χ2n) is 5.82. The van der Waals surface area contributed by atoms with E-state index in [0.717, 1.165) is 5.92 Å². The van der Waals surface area contributed by atoms with Crippen LogP contribution in [0.3, 0.4) is 0 Å². The maximum atomic E-state index is 6.43. The topological polar surface area (TPSA) is 35.2 Å². The Hall–Kier alpha value is -0.0800. The van der Waals surface area contributed by atoms with Crippen LogP contribution in [-0.4, -0.2) is 18.8 Å². The van der Waals surface area contributed by atoms with Gasteiger partial charge in [-0.2, -0.15) is 0 Å². The molecule has 2 fully saturated rings. The first kappa shape index (κ1) is 12.4. The van der Waals surface area contributed by atoms with Crippen molar-refractivity contribution in [2.45, 2.75) is 75.9 Å². The summed E-state index contributed by atoms with van der Waals surface area (Å²) in [6.07, 6.45) is 13.2. The lowest BCUT2D eigenvalue weighted by Gasteiger charge is -2.36. The zero-order chi connectivity index (χ0) is 11.4. The Morgan fingerprint density at radius 2 is 1.75 bits per heavy atom. The van der Waals surface area contributed by atoms with Crippen LogP contribution >= 0.6 is 0 Å². The minimum absolute atomic E-state index is 0.0252. The molecule has 1 atom stereocenters. The molecule has 1 unspecified atom stereocenters. The molecule has 0 bridgehead atoms. The fourth-order valence-corrected chi connectivity index (χ4v) is 3.70. The van der Waals surface area contributed by atoms with E-state index in [4.69, 9.17) is 10.5 Å². The maximum Gasteiger partial charge on any atom is 0.0828 e. The van der Waals surface area contributed by atoms with Crippen molar-refractivity contribution < 1.29 is 4.74 Å². The Morgan fingerprint density at radius 3 is 2.31 bits per heavy atom. The minimum atomic E-state index is 0.0252. The van der Waals surface area contributed by atoms with Gasteiger partial charge in [0.1, 0.15) is 0 Å². The van der Waals surface area contributed by atoms with Crippen molar-refractivity contribution in [3.05, 3.63) is 0 Å². The summed E-state index contributed by atoms with van der Waals surface area (Å²) in [6.45, 7) is 0. The Bertz CT molecular complexity index is 205. The quantitative estimate of drug-likeness (QED) is 0.797. The zero-order valence-electron chi connectivity index (χ0n) is 10.7. The molecule has 0 radical (unpaired) electrons. The first-order valence-electron chi connectivity index (χ1n) is 7.07. The van der Waals surface area contributed by atoms with Crippen LogP contribution in [-0.2, 0) is 4.74 Å². The molecular formula is C14H27NO. The van der Waals surface area contributed by atoms with Gasteiger partial charge in [0.05, 0.1) is 5.60 Å². The van der Waals surface area contributed by atoms with E-state index in [1.165, 1.54) is 64.2 Å². The number of methoxy groups -OCH3 is 1. The van der Waals surface area contributed by atoms with E-state index in [2.05, 4.69) is 0 Å². The van der Waals surface area contributed by atoms with Crippen LogP contribution in [0, 0.1) is 5.92 Å². The zero-order valence-corrected chi connectivity index (χ0v) is 10.7. The van der Waals surface area contributed by atoms with Gasteiger partial charge in [0.15, 0.2) is 0 Å². The van der Waals surface area contributed by atoms with Gasteiger partial charge in [-0.3, -0.25) is 0 Å². The average molecular weight is 225 g/mol. The molecule has 2 heteroatoms. The molecule has 0 amide bonds. The Kier molecular flexibility index (Phi) is 4.26. The number of hydrogen-bond acceptors (Lipinski definition) is 2. The third kappa shape index (κ3) is 2.60. The lowest BCUT2D eigenvalue weighted by molar-refractivity contribution is -0.0321. The average Bonchev–Trinajstić information content (AvgIpc) is 2.80. The summed E-state index contributed by atoms with van der Waals surface area (Å²) < 4.78 is 5.78. The first-order chi connectivity index (χ1) is 7.77. The van der Waals surface area contributed by atoms with E-state index in [-0.39, 0.29) is 11.6 Å². The summed E-state index contributed by atoms with van der Waals surface area (Å²) in [6, 6.07) is 0.267. The molecule has 0 heterocycles. The second kappa shape index (κ2) is 5.50. The molecule has 0 aromatic carbocycles. The smallest absolute Gasteiger partial charge is 0.0828 e. The third-order valence-electron chi connectivity index (χ3n) is 4.84. The van der Waals surface area contributed by atoms with Crippen molar-refractivity contribution in [1.82, 2.24) is 0 Å². The largest absolute Gasteiger partial charge is 0.377 e. The van der Waals surface area contributed by atoms with E-state index >= 15 is 0 Å². The molecule has 2 N–H and O–H groups in total. The van der Waals surface area contributed by atoms with Crippen LogP contribution in [0.5, 0.6) is 0 Å². The molecule has 0 aromatic rings. The van der Waals surface area contributed by atoms with Crippen LogP contribution in [0.15, 0.2) is 0 Å². The molecule has 2 saturated carbocycles.